The van der Waals surface area contributed by atoms with Gasteiger partial charge in [-0.05, 0) is 48.1 Å². The maximum atomic E-state index is 6.14. The van der Waals surface area contributed by atoms with E-state index in [0.717, 1.165) is 24.4 Å². The average molecular weight is 261 g/mol. The molecule has 94 valence electrons. The maximum absolute atomic E-state index is 6.14. The highest BCUT2D eigenvalue weighted by Crippen LogP contribution is 2.28. The largest absolute Gasteiger partial charge is 0.349 e. The molecular formula is C15H17ClN2. The number of aromatic nitrogens is 1. The second-order valence-electron chi connectivity index (χ2n) is 5.04. The Balaban J connectivity index is 1.85. The first-order chi connectivity index (χ1) is 8.72. The number of nitrogens with zero attached hydrogens (tertiary/aromatic N) is 1. The highest BCUT2D eigenvalue weighted by atomic mass is 35.5. The zero-order valence-electron chi connectivity index (χ0n) is 10.3. The van der Waals surface area contributed by atoms with Gasteiger partial charge in [-0.25, -0.2) is 0 Å². The first kappa shape index (κ1) is 11.8. The zero-order valence-corrected chi connectivity index (χ0v) is 11.0. The smallest absolute Gasteiger partial charge is 0.0470 e. The number of aryl methyl sites for hydroxylation is 1. The topological polar surface area (TPSA) is 30.9 Å². The summed E-state index contributed by atoms with van der Waals surface area (Å²) in [5, 5.41) is 0.793. The van der Waals surface area contributed by atoms with Crippen molar-refractivity contribution in [3.63, 3.8) is 0 Å². The van der Waals surface area contributed by atoms with Crippen LogP contribution in [0.4, 0.5) is 0 Å². The molecule has 1 aliphatic carbocycles. The molecule has 2 nitrogen and oxygen atoms in total. The molecule has 1 atom stereocenters. The summed E-state index contributed by atoms with van der Waals surface area (Å²) in [5.74, 6) is 0. The van der Waals surface area contributed by atoms with Crippen LogP contribution in [0.1, 0.15) is 35.6 Å². The van der Waals surface area contributed by atoms with Crippen molar-refractivity contribution in [3.8, 4) is 0 Å². The minimum atomic E-state index is 0.217. The van der Waals surface area contributed by atoms with Crippen molar-refractivity contribution < 1.29 is 0 Å². The van der Waals surface area contributed by atoms with Crippen molar-refractivity contribution in [3.05, 3.63) is 58.4 Å². The van der Waals surface area contributed by atoms with Crippen LogP contribution in [0.25, 0.3) is 0 Å². The van der Waals surface area contributed by atoms with Gasteiger partial charge in [0, 0.05) is 30.0 Å². The minimum Gasteiger partial charge on any atom is -0.349 e. The summed E-state index contributed by atoms with van der Waals surface area (Å²) in [6, 6.07) is 8.23. The second kappa shape index (κ2) is 4.79. The molecule has 0 saturated carbocycles. The lowest BCUT2D eigenvalue weighted by Crippen LogP contribution is -2.15. The lowest BCUT2D eigenvalue weighted by atomic mass is 9.92. The number of nitrogens with two attached hydrogens (primary N) is 1. The Labute approximate surface area is 112 Å². The molecule has 3 heteroatoms. The molecule has 0 amide bonds. The summed E-state index contributed by atoms with van der Waals surface area (Å²) in [5.41, 5.74) is 10.1. The van der Waals surface area contributed by atoms with Crippen LogP contribution < -0.4 is 5.73 Å². The molecule has 2 aromatic rings. The quantitative estimate of drug-likeness (QED) is 0.880. The highest BCUT2D eigenvalue weighted by molar-refractivity contribution is 6.30. The van der Waals surface area contributed by atoms with Crippen molar-refractivity contribution >= 4 is 11.6 Å². The molecule has 0 saturated heterocycles. The third-order valence-corrected chi connectivity index (χ3v) is 3.85. The van der Waals surface area contributed by atoms with Gasteiger partial charge in [-0.15, -0.1) is 0 Å². The fourth-order valence-electron chi connectivity index (χ4n) is 2.72. The number of hydrogen-bond acceptors (Lipinski definition) is 1. The van der Waals surface area contributed by atoms with E-state index in [1.807, 2.05) is 18.2 Å². The standard InChI is InChI=1S/C15H17ClN2/c16-13-5-1-3-11(7-13)8-18-9-12-4-2-6-15(17)14(12)10-18/h1,3,5,7,9-10,15H,2,4,6,8,17H2. The average Bonchev–Trinajstić information content (AvgIpc) is 2.73. The molecule has 18 heavy (non-hydrogen) atoms. The summed E-state index contributed by atoms with van der Waals surface area (Å²) >= 11 is 6.01. The van der Waals surface area contributed by atoms with Crippen molar-refractivity contribution in [2.45, 2.75) is 31.8 Å². The predicted octanol–water partition coefficient (Wildman–Crippen LogP) is 3.53. The molecule has 2 N–H and O–H groups in total. The Hall–Kier alpha value is -1.25. The van der Waals surface area contributed by atoms with Gasteiger partial charge in [-0.1, -0.05) is 23.7 Å². The SMILES string of the molecule is NC1CCCc2cn(Cc3cccc(Cl)c3)cc21. The van der Waals surface area contributed by atoms with Crippen molar-refractivity contribution in [1.82, 2.24) is 4.57 Å². The van der Waals surface area contributed by atoms with Gasteiger partial charge in [0.15, 0.2) is 0 Å². The lowest BCUT2D eigenvalue weighted by Gasteiger charge is -2.17. The molecular weight excluding hydrogens is 244 g/mol. The van der Waals surface area contributed by atoms with E-state index in [2.05, 4.69) is 23.0 Å². The molecule has 0 spiro atoms. The van der Waals surface area contributed by atoms with Crippen molar-refractivity contribution in [2.24, 2.45) is 5.73 Å². The van der Waals surface area contributed by atoms with Gasteiger partial charge in [-0.2, -0.15) is 0 Å². The van der Waals surface area contributed by atoms with Crippen LogP contribution in [0.15, 0.2) is 36.7 Å². The Bertz CT molecular complexity index is 559. The van der Waals surface area contributed by atoms with Crippen LogP contribution in [0.2, 0.25) is 5.02 Å². The fourth-order valence-corrected chi connectivity index (χ4v) is 2.93. The third kappa shape index (κ3) is 2.31. The van der Waals surface area contributed by atoms with E-state index in [4.69, 9.17) is 17.3 Å². The molecule has 0 bridgehead atoms. The number of halogens is 1. The molecule has 1 unspecified atom stereocenters. The van der Waals surface area contributed by atoms with E-state index in [-0.39, 0.29) is 6.04 Å². The van der Waals surface area contributed by atoms with Gasteiger partial charge in [0.2, 0.25) is 0 Å². The van der Waals surface area contributed by atoms with E-state index >= 15 is 0 Å². The van der Waals surface area contributed by atoms with E-state index < -0.39 is 0 Å². The normalized spacial score (nSPS) is 18.7. The van der Waals surface area contributed by atoms with Crippen LogP contribution in [0.5, 0.6) is 0 Å². The molecule has 0 fully saturated rings. The van der Waals surface area contributed by atoms with Gasteiger partial charge < -0.3 is 10.3 Å². The Kier molecular flexibility index (Phi) is 3.14. The zero-order chi connectivity index (χ0) is 12.5. The monoisotopic (exact) mass is 260 g/mol. The van der Waals surface area contributed by atoms with E-state index in [1.165, 1.54) is 23.1 Å². The third-order valence-electron chi connectivity index (χ3n) is 3.61. The minimum absolute atomic E-state index is 0.217. The molecule has 1 aromatic heterocycles. The lowest BCUT2D eigenvalue weighted by molar-refractivity contribution is 0.573. The highest BCUT2D eigenvalue weighted by Gasteiger charge is 2.18. The second-order valence-corrected chi connectivity index (χ2v) is 5.48. The number of fused-ring (bicyclic) bond motifs is 1. The Morgan fingerprint density at radius 1 is 1.33 bits per heavy atom. The Morgan fingerprint density at radius 2 is 2.22 bits per heavy atom. The summed E-state index contributed by atoms with van der Waals surface area (Å²) in [7, 11) is 0. The Morgan fingerprint density at radius 3 is 3.00 bits per heavy atom. The summed E-state index contributed by atoms with van der Waals surface area (Å²) < 4.78 is 2.22. The maximum Gasteiger partial charge on any atom is 0.0470 e. The number of benzene rings is 1. The molecule has 1 aliphatic rings. The predicted molar refractivity (Wildman–Crippen MR) is 74.9 cm³/mol. The summed E-state index contributed by atoms with van der Waals surface area (Å²) in [6.07, 6.45) is 7.89. The van der Waals surface area contributed by atoms with Crippen LogP contribution in [-0.4, -0.2) is 4.57 Å². The number of hydrogen-bond donors (Lipinski definition) is 1. The van der Waals surface area contributed by atoms with Crippen LogP contribution in [0.3, 0.4) is 0 Å². The molecule has 0 radical (unpaired) electrons. The van der Waals surface area contributed by atoms with Gasteiger partial charge in [0.1, 0.15) is 0 Å². The van der Waals surface area contributed by atoms with Gasteiger partial charge >= 0.3 is 0 Å². The summed E-state index contributed by atoms with van der Waals surface area (Å²) in [4.78, 5) is 0. The molecule has 3 rings (SSSR count). The number of rotatable bonds is 2. The van der Waals surface area contributed by atoms with E-state index in [0.29, 0.717) is 0 Å². The van der Waals surface area contributed by atoms with E-state index in [9.17, 15) is 0 Å². The van der Waals surface area contributed by atoms with Gasteiger partial charge in [-0.3, -0.25) is 0 Å². The van der Waals surface area contributed by atoms with Crippen LogP contribution in [-0.2, 0) is 13.0 Å². The summed E-state index contributed by atoms with van der Waals surface area (Å²) in [6.45, 7) is 0.861. The van der Waals surface area contributed by atoms with Crippen molar-refractivity contribution in [2.75, 3.05) is 0 Å². The van der Waals surface area contributed by atoms with Crippen LogP contribution in [0, 0.1) is 0 Å². The first-order valence-electron chi connectivity index (χ1n) is 6.41. The van der Waals surface area contributed by atoms with Crippen LogP contribution >= 0.6 is 11.6 Å². The fraction of sp³-hybridized carbons (Fsp3) is 0.333. The molecule has 0 aliphatic heterocycles. The first-order valence-corrected chi connectivity index (χ1v) is 6.79. The van der Waals surface area contributed by atoms with Gasteiger partial charge in [0.05, 0.1) is 0 Å². The van der Waals surface area contributed by atoms with E-state index in [1.54, 1.807) is 0 Å². The molecule has 1 heterocycles. The molecule has 1 aromatic carbocycles. The van der Waals surface area contributed by atoms with Crippen molar-refractivity contribution in [1.29, 1.82) is 0 Å². The van der Waals surface area contributed by atoms with Gasteiger partial charge in [0.25, 0.3) is 0 Å².